The number of aryl methyl sites for hydroxylation is 1. The topological polar surface area (TPSA) is 82.8 Å². The number of fused-ring (bicyclic) bond motifs is 1. The fraction of sp³-hybridized carbons (Fsp3) is 0.367. The third kappa shape index (κ3) is 4.90. The Kier molecular flexibility index (Phi) is 6.28. The summed E-state index contributed by atoms with van der Waals surface area (Å²) in [6.45, 7) is 4.37. The number of nitrogens with zero attached hydrogens (tertiary/aromatic N) is 4. The van der Waals surface area contributed by atoms with Crippen LogP contribution in [0.15, 0.2) is 66.9 Å². The molecule has 1 aliphatic carbocycles. The van der Waals surface area contributed by atoms with Gasteiger partial charge in [0, 0.05) is 43.2 Å². The first-order chi connectivity index (χ1) is 18.1. The molecule has 0 radical (unpaired) electrons. The van der Waals surface area contributed by atoms with E-state index in [1.54, 1.807) is 6.07 Å². The van der Waals surface area contributed by atoms with Crippen LogP contribution < -0.4 is 5.32 Å². The summed E-state index contributed by atoms with van der Waals surface area (Å²) >= 11 is 0. The minimum absolute atomic E-state index is 0.203. The summed E-state index contributed by atoms with van der Waals surface area (Å²) in [5.41, 5.74) is 4.50. The first-order valence-corrected chi connectivity index (χ1v) is 13.3. The van der Waals surface area contributed by atoms with E-state index < -0.39 is 0 Å². The molecule has 6 rings (SSSR count). The number of aromatic hydroxyl groups is 1. The van der Waals surface area contributed by atoms with Crippen molar-refractivity contribution in [3.63, 3.8) is 0 Å². The number of nitrogens with one attached hydrogen (secondary N) is 1. The Hall–Kier alpha value is -3.87. The largest absolute Gasteiger partial charge is 0.507 e. The van der Waals surface area contributed by atoms with Crippen molar-refractivity contribution >= 4 is 17.4 Å². The van der Waals surface area contributed by atoms with Gasteiger partial charge >= 0.3 is 0 Å². The first kappa shape index (κ1) is 23.5. The lowest BCUT2D eigenvalue weighted by molar-refractivity contribution is -0.133. The Balaban J connectivity index is 1.12. The van der Waals surface area contributed by atoms with Crippen molar-refractivity contribution in [2.75, 3.05) is 25.0 Å². The molecule has 1 amide bonds. The Labute approximate surface area is 217 Å². The van der Waals surface area contributed by atoms with Crippen molar-refractivity contribution in [2.45, 2.75) is 38.5 Å². The number of phenolic OH excluding ortho intramolecular Hbond substituents is 1. The number of hydrogen-bond donors (Lipinski definition) is 2. The molecule has 2 fully saturated rings. The number of carbonyl (C=O) groups is 1. The van der Waals surface area contributed by atoms with Crippen LogP contribution in [0, 0.1) is 18.8 Å². The highest BCUT2D eigenvalue weighted by Crippen LogP contribution is 2.49. The van der Waals surface area contributed by atoms with E-state index in [9.17, 15) is 9.90 Å². The fourth-order valence-electron chi connectivity index (χ4n) is 5.67. The summed E-state index contributed by atoms with van der Waals surface area (Å²) in [6, 6.07) is 19.8. The zero-order valence-corrected chi connectivity index (χ0v) is 21.2. The normalized spacial score (nSPS) is 21.2. The Morgan fingerprint density at radius 3 is 2.78 bits per heavy atom. The maximum atomic E-state index is 13.1. The minimum Gasteiger partial charge on any atom is -0.507 e. The van der Waals surface area contributed by atoms with Crippen LogP contribution in [0.4, 0.5) is 5.82 Å². The van der Waals surface area contributed by atoms with E-state index in [4.69, 9.17) is 4.98 Å². The lowest BCUT2D eigenvalue weighted by Gasteiger charge is -2.33. The van der Waals surface area contributed by atoms with Crippen LogP contribution in [-0.4, -0.2) is 50.1 Å². The smallest absolute Gasteiger partial charge is 0.222 e. The molecule has 190 valence electrons. The van der Waals surface area contributed by atoms with Crippen LogP contribution in [0.2, 0.25) is 0 Å². The van der Waals surface area contributed by atoms with Crippen LogP contribution in [0.3, 0.4) is 0 Å². The van der Waals surface area contributed by atoms with Crippen molar-refractivity contribution in [1.82, 2.24) is 19.5 Å². The fourth-order valence-corrected chi connectivity index (χ4v) is 5.67. The lowest BCUT2D eigenvalue weighted by atomic mass is 9.97. The number of carbonyl (C=O) groups excluding carboxylic acids is 1. The van der Waals surface area contributed by atoms with E-state index in [0.29, 0.717) is 41.3 Å². The Bertz CT molecular complexity index is 1420. The lowest BCUT2D eigenvalue weighted by Crippen LogP contribution is -2.42. The van der Waals surface area contributed by atoms with E-state index in [0.717, 1.165) is 55.9 Å². The van der Waals surface area contributed by atoms with Crippen molar-refractivity contribution in [3.8, 4) is 17.0 Å². The van der Waals surface area contributed by atoms with E-state index in [1.807, 2.05) is 48.0 Å². The van der Waals surface area contributed by atoms with Gasteiger partial charge in [0.1, 0.15) is 11.6 Å². The molecular weight excluding hydrogens is 462 g/mol. The van der Waals surface area contributed by atoms with Crippen LogP contribution in [0.25, 0.3) is 16.9 Å². The predicted molar refractivity (Wildman–Crippen MR) is 145 cm³/mol. The van der Waals surface area contributed by atoms with Gasteiger partial charge in [0.25, 0.3) is 0 Å². The summed E-state index contributed by atoms with van der Waals surface area (Å²) in [5.74, 6) is 2.73. The third-order valence-electron chi connectivity index (χ3n) is 7.86. The molecule has 4 aromatic rings. The summed E-state index contributed by atoms with van der Waals surface area (Å²) in [5, 5.41) is 18.5. The van der Waals surface area contributed by atoms with Crippen molar-refractivity contribution < 1.29 is 9.90 Å². The molecular formula is C30H33N5O2. The number of piperidine rings is 1. The Morgan fingerprint density at radius 2 is 1.95 bits per heavy atom. The van der Waals surface area contributed by atoms with Gasteiger partial charge in [0.05, 0.1) is 11.9 Å². The summed E-state index contributed by atoms with van der Waals surface area (Å²) in [4.78, 5) is 20.0. The minimum atomic E-state index is 0.203. The second-order valence-electron chi connectivity index (χ2n) is 10.6. The van der Waals surface area contributed by atoms with E-state index in [1.165, 1.54) is 5.56 Å². The molecule has 7 nitrogen and oxygen atoms in total. The summed E-state index contributed by atoms with van der Waals surface area (Å²) < 4.78 is 1.82. The molecule has 2 aromatic heterocycles. The number of para-hydroxylation sites is 1. The van der Waals surface area contributed by atoms with Gasteiger partial charge in [-0.1, -0.05) is 42.5 Å². The molecule has 0 bridgehead atoms. The van der Waals surface area contributed by atoms with E-state index >= 15 is 0 Å². The van der Waals surface area contributed by atoms with Gasteiger partial charge in [-0.15, -0.1) is 0 Å². The van der Waals surface area contributed by atoms with E-state index in [2.05, 4.69) is 39.6 Å². The van der Waals surface area contributed by atoms with Crippen molar-refractivity contribution in [1.29, 1.82) is 0 Å². The Morgan fingerprint density at radius 1 is 1.14 bits per heavy atom. The molecule has 1 unspecified atom stereocenters. The molecule has 37 heavy (non-hydrogen) atoms. The SMILES string of the molecule is Cc1cnn2c(NCC3CCCN(C(=O)C[C@@H]4C[C@H]4c4ccccc4)C3)cc(-c3ccccc3O)nc12. The number of aromatic nitrogens is 3. The zero-order chi connectivity index (χ0) is 25.4. The van der Waals surface area contributed by atoms with Gasteiger partial charge in [-0.05, 0) is 61.6 Å². The number of likely N-dealkylation sites (tertiary alicyclic amines) is 1. The second-order valence-corrected chi connectivity index (χ2v) is 10.6. The zero-order valence-electron chi connectivity index (χ0n) is 21.2. The van der Waals surface area contributed by atoms with Gasteiger partial charge in [-0.3, -0.25) is 4.79 Å². The highest BCUT2D eigenvalue weighted by Gasteiger charge is 2.40. The average molecular weight is 496 g/mol. The van der Waals surface area contributed by atoms with Crippen LogP contribution in [-0.2, 0) is 4.79 Å². The molecule has 2 aromatic carbocycles. The number of phenols is 1. The van der Waals surface area contributed by atoms with Gasteiger partial charge < -0.3 is 15.3 Å². The number of benzene rings is 2. The average Bonchev–Trinajstić information content (AvgIpc) is 3.60. The quantitative estimate of drug-likeness (QED) is 0.366. The molecule has 1 saturated carbocycles. The van der Waals surface area contributed by atoms with Gasteiger partial charge in [-0.2, -0.15) is 9.61 Å². The highest BCUT2D eigenvalue weighted by molar-refractivity contribution is 5.77. The third-order valence-corrected chi connectivity index (χ3v) is 7.86. The van der Waals surface area contributed by atoms with Gasteiger partial charge in [-0.25, -0.2) is 4.98 Å². The van der Waals surface area contributed by atoms with E-state index in [-0.39, 0.29) is 5.75 Å². The number of amides is 1. The van der Waals surface area contributed by atoms with Crippen LogP contribution >= 0.6 is 0 Å². The van der Waals surface area contributed by atoms with Gasteiger partial charge in [0.15, 0.2) is 5.65 Å². The van der Waals surface area contributed by atoms with Crippen LogP contribution in [0.5, 0.6) is 5.75 Å². The highest BCUT2D eigenvalue weighted by atomic mass is 16.3. The first-order valence-electron chi connectivity index (χ1n) is 13.3. The number of rotatable bonds is 7. The maximum Gasteiger partial charge on any atom is 0.222 e. The second kappa shape index (κ2) is 9.88. The monoisotopic (exact) mass is 495 g/mol. The molecule has 1 aliphatic heterocycles. The molecule has 7 heteroatoms. The molecule has 2 N–H and O–H groups in total. The maximum absolute atomic E-state index is 13.1. The number of anilines is 1. The summed E-state index contributed by atoms with van der Waals surface area (Å²) in [7, 11) is 0. The molecule has 3 atom stereocenters. The van der Waals surface area contributed by atoms with Crippen molar-refractivity contribution in [3.05, 3.63) is 78.0 Å². The predicted octanol–water partition coefficient (Wildman–Crippen LogP) is 5.25. The van der Waals surface area contributed by atoms with Gasteiger partial charge in [0.2, 0.25) is 5.91 Å². The molecule has 1 saturated heterocycles. The molecule has 3 heterocycles. The van der Waals surface area contributed by atoms with Crippen LogP contribution in [0.1, 0.15) is 42.7 Å². The molecule has 0 spiro atoms. The standard InChI is InChI=1S/C30H33N5O2/c1-20-17-32-35-28(16-26(33-30(20)35)24-11-5-6-12-27(24)36)31-18-21-8-7-13-34(19-21)29(37)15-23-14-25(23)22-9-3-2-4-10-22/h2-6,9-12,16-17,21,23,25,31,36H,7-8,13-15,18-19H2,1H3/t21?,23-,25-/m0/s1. The van der Waals surface area contributed by atoms with Crippen molar-refractivity contribution in [2.24, 2.45) is 11.8 Å². The molecule has 2 aliphatic rings. The summed E-state index contributed by atoms with van der Waals surface area (Å²) in [6.07, 6.45) is 5.70. The number of hydrogen-bond acceptors (Lipinski definition) is 5.